The van der Waals surface area contributed by atoms with Gasteiger partial charge in [-0.15, -0.1) is 21.5 Å². The Morgan fingerprint density at radius 1 is 1.05 bits per heavy atom. The van der Waals surface area contributed by atoms with E-state index < -0.39 is 0 Å². The standard InChI is InChI=1S/C13H9N5OS3/c1-8-13(11(19)4-2-9-6-20-17-15-9)22-12(14-8)5-3-10-7-21-18-16-10/h2-7H,1H3. The highest BCUT2D eigenvalue weighted by Crippen LogP contribution is 2.21. The fourth-order valence-corrected chi connectivity index (χ4v) is 3.33. The predicted molar refractivity (Wildman–Crippen MR) is 89.0 cm³/mol. The highest BCUT2D eigenvalue weighted by Gasteiger charge is 2.12. The Kier molecular flexibility index (Phi) is 4.56. The molecule has 0 unspecified atom stereocenters. The second kappa shape index (κ2) is 6.77. The minimum Gasteiger partial charge on any atom is -0.288 e. The van der Waals surface area contributed by atoms with Crippen molar-refractivity contribution >= 4 is 58.4 Å². The van der Waals surface area contributed by atoms with E-state index in [4.69, 9.17) is 0 Å². The first-order chi connectivity index (χ1) is 10.7. The molecular weight excluding hydrogens is 338 g/mol. The van der Waals surface area contributed by atoms with Gasteiger partial charge in [-0.2, -0.15) is 0 Å². The third-order valence-electron chi connectivity index (χ3n) is 2.59. The van der Waals surface area contributed by atoms with Gasteiger partial charge in [0.2, 0.25) is 0 Å². The fourth-order valence-electron chi connectivity index (χ4n) is 1.60. The molecule has 0 radical (unpaired) electrons. The van der Waals surface area contributed by atoms with Crippen molar-refractivity contribution in [2.75, 3.05) is 0 Å². The van der Waals surface area contributed by atoms with Crippen LogP contribution >= 0.6 is 34.4 Å². The zero-order valence-corrected chi connectivity index (χ0v) is 13.8. The number of nitrogens with zero attached hydrogens (tertiary/aromatic N) is 5. The van der Waals surface area contributed by atoms with Gasteiger partial charge in [-0.1, -0.05) is 8.98 Å². The van der Waals surface area contributed by atoms with E-state index in [1.807, 2.05) is 24.5 Å². The summed E-state index contributed by atoms with van der Waals surface area (Å²) in [7, 11) is 0. The summed E-state index contributed by atoms with van der Waals surface area (Å²) in [5.41, 5.74) is 2.17. The van der Waals surface area contributed by atoms with Crippen LogP contribution in [0.15, 0.2) is 16.8 Å². The Morgan fingerprint density at radius 3 is 2.36 bits per heavy atom. The summed E-state index contributed by atoms with van der Waals surface area (Å²) >= 11 is 3.89. The quantitative estimate of drug-likeness (QED) is 0.521. The number of rotatable bonds is 5. The Balaban J connectivity index is 1.75. The fraction of sp³-hybridized carbons (Fsp3) is 0.0769. The van der Waals surface area contributed by atoms with Gasteiger partial charge in [-0.25, -0.2) is 4.98 Å². The van der Waals surface area contributed by atoms with Gasteiger partial charge in [0.25, 0.3) is 0 Å². The Morgan fingerprint density at radius 2 is 1.73 bits per heavy atom. The highest BCUT2D eigenvalue weighted by atomic mass is 32.1. The lowest BCUT2D eigenvalue weighted by Gasteiger charge is -1.89. The molecule has 22 heavy (non-hydrogen) atoms. The molecule has 0 aliphatic rings. The number of allylic oxidation sites excluding steroid dienone is 1. The zero-order valence-electron chi connectivity index (χ0n) is 11.3. The average Bonchev–Trinajstić information content (AvgIpc) is 3.24. The van der Waals surface area contributed by atoms with Crippen molar-refractivity contribution in [2.24, 2.45) is 0 Å². The molecule has 0 fully saturated rings. The van der Waals surface area contributed by atoms with Gasteiger partial charge in [0.15, 0.2) is 5.78 Å². The summed E-state index contributed by atoms with van der Waals surface area (Å²) in [5.74, 6) is -0.0852. The summed E-state index contributed by atoms with van der Waals surface area (Å²) in [5, 5.41) is 12.2. The van der Waals surface area contributed by atoms with Crippen molar-refractivity contribution in [1.82, 2.24) is 24.2 Å². The third kappa shape index (κ3) is 3.56. The molecule has 0 saturated heterocycles. The number of thiazole rings is 1. The van der Waals surface area contributed by atoms with Crippen molar-refractivity contribution < 1.29 is 4.79 Å². The second-order valence-electron chi connectivity index (χ2n) is 4.16. The first-order valence-electron chi connectivity index (χ1n) is 6.14. The molecule has 0 N–H and O–H groups in total. The minimum absolute atomic E-state index is 0.0852. The van der Waals surface area contributed by atoms with Crippen LogP contribution in [0.5, 0.6) is 0 Å². The molecule has 9 heteroatoms. The SMILES string of the molecule is Cc1nc(C=Cc2csnn2)sc1C(=O)C=Cc1csnn1. The van der Waals surface area contributed by atoms with E-state index in [2.05, 4.69) is 24.2 Å². The minimum atomic E-state index is -0.0852. The topological polar surface area (TPSA) is 81.5 Å². The van der Waals surface area contributed by atoms with Crippen LogP contribution in [0.2, 0.25) is 0 Å². The lowest BCUT2D eigenvalue weighted by atomic mass is 10.2. The normalized spacial score (nSPS) is 11.7. The monoisotopic (exact) mass is 347 g/mol. The van der Waals surface area contributed by atoms with Gasteiger partial charge in [-0.3, -0.25) is 4.79 Å². The van der Waals surface area contributed by atoms with Crippen LogP contribution < -0.4 is 0 Å². The van der Waals surface area contributed by atoms with Crippen LogP contribution in [0.25, 0.3) is 18.2 Å². The molecule has 0 bridgehead atoms. The number of ketones is 1. The van der Waals surface area contributed by atoms with E-state index in [1.54, 1.807) is 11.5 Å². The number of carbonyl (C=O) groups excluding carboxylic acids is 1. The summed E-state index contributed by atoms with van der Waals surface area (Å²) in [6, 6.07) is 0. The van der Waals surface area contributed by atoms with E-state index in [9.17, 15) is 4.79 Å². The number of carbonyl (C=O) groups is 1. The molecule has 6 nitrogen and oxygen atoms in total. The van der Waals surface area contributed by atoms with Crippen molar-refractivity contribution in [2.45, 2.75) is 6.92 Å². The lowest BCUT2D eigenvalue weighted by molar-refractivity contribution is 0.105. The molecule has 3 rings (SSSR count). The molecule has 0 aliphatic carbocycles. The molecule has 110 valence electrons. The molecule has 0 aliphatic heterocycles. The second-order valence-corrected chi connectivity index (χ2v) is 6.41. The van der Waals surface area contributed by atoms with E-state index in [0.29, 0.717) is 16.3 Å². The number of aryl methyl sites for hydroxylation is 1. The van der Waals surface area contributed by atoms with Crippen LogP contribution in [0, 0.1) is 6.92 Å². The van der Waals surface area contributed by atoms with Gasteiger partial charge in [0.1, 0.15) is 5.01 Å². The van der Waals surface area contributed by atoms with Crippen LogP contribution in [-0.2, 0) is 0 Å². The maximum atomic E-state index is 12.2. The van der Waals surface area contributed by atoms with E-state index in [1.165, 1.54) is 40.5 Å². The number of hydrogen-bond acceptors (Lipinski definition) is 9. The molecule has 0 atom stereocenters. The van der Waals surface area contributed by atoms with Gasteiger partial charge < -0.3 is 0 Å². The molecule has 0 saturated carbocycles. The Labute approximate surface area is 138 Å². The molecule has 0 amide bonds. The van der Waals surface area contributed by atoms with Gasteiger partial charge >= 0.3 is 0 Å². The first-order valence-corrected chi connectivity index (χ1v) is 8.63. The molecule has 3 heterocycles. The Bertz CT molecular complexity index is 818. The van der Waals surface area contributed by atoms with Crippen LogP contribution in [0.3, 0.4) is 0 Å². The zero-order chi connectivity index (χ0) is 15.4. The van der Waals surface area contributed by atoms with Gasteiger partial charge in [0, 0.05) is 10.8 Å². The van der Waals surface area contributed by atoms with Crippen LogP contribution in [0.4, 0.5) is 0 Å². The van der Waals surface area contributed by atoms with Crippen molar-refractivity contribution in [3.8, 4) is 0 Å². The molecule has 0 spiro atoms. The van der Waals surface area contributed by atoms with Crippen molar-refractivity contribution in [1.29, 1.82) is 0 Å². The highest BCUT2D eigenvalue weighted by molar-refractivity contribution is 7.14. The summed E-state index contributed by atoms with van der Waals surface area (Å²) < 4.78 is 7.53. The summed E-state index contributed by atoms with van der Waals surface area (Å²) in [6.07, 6.45) is 6.81. The largest absolute Gasteiger partial charge is 0.288 e. The van der Waals surface area contributed by atoms with E-state index >= 15 is 0 Å². The third-order valence-corrected chi connectivity index (χ3v) is 4.78. The average molecular weight is 347 g/mol. The summed E-state index contributed by atoms with van der Waals surface area (Å²) in [4.78, 5) is 17.2. The Hall–Kier alpha value is -2.10. The van der Waals surface area contributed by atoms with Crippen LogP contribution in [0.1, 0.15) is 31.8 Å². The predicted octanol–water partition coefficient (Wildman–Crippen LogP) is 3.22. The summed E-state index contributed by atoms with van der Waals surface area (Å²) in [6.45, 7) is 1.82. The van der Waals surface area contributed by atoms with Crippen molar-refractivity contribution in [3.05, 3.63) is 43.8 Å². The maximum absolute atomic E-state index is 12.2. The lowest BCUT2D eigenvalue weighted by Crippen LogP contribution is -1.93. The van der Waals surface area contributed by atoms with E-state index in [-0.39, 0.29) is 5.78 Å². The molecular formula is C13H9N5OS3. The number of hydrogen-bond donors (Lipinski definition) is 0. The van der Waals surface area contributed by atoms with Crippen LogP contribution in [-0.4, -0.2) is 29.9 Å². The maximum Gasteiger partial charge on any atom is 0.197 e. The molecule has 3 aromatic rings. The number of aromatic nitrogens is 5. The molecule has 0 aromatic carbocycles. The first kappa shape index (κ1) is 14.8. The molecule has 3 aromatic heterocycles. The van der Waals surface area contributed by atoms with Crippen molar-refractivity contribution in [3.63, 3.8) is 0 Å². The smallest absolute Gasteiger partial charge is 0.197 e. The van der Waals surface area contributed by atoms with E-state index in [0.717, 1.165) is 10.7 Å². The van der Waals surface area contributed by atoms with Gasteiger partial charge in [0.05, 0.1) is 22.0 Å². The van der Waals surface area contributed by atoms with Gasteiger partial charge in [-0.05, 0) is 54.3 Å².